The maximum absolute atomic E-state index is 13.9. The molecule has 10 heteroatoms. The number of rotatable bonds is 5. The lowest BCUT2D eigenvalue weighted by molar-refractivity contribution is -0.137. The Hall–Kier alpha value is -4.86. The van der Waals surface area contributed by atoms with Crippen LogP contribution in [-0.2, 0) is 6.18 Å². The molecule has 0 bridgehead atoms. The quantitative estimate of drug-likeness (QED) is 0.263. The third-order valence-electron chi connectivity index (χ3n) is 7.21. The van der Waals surface area contributed by atoms with Gasteiger partial charge >= 0.3 is 6.18 Å². The number of hydrogen-bond acceptors (Lipinski definition) is 5. The number of anilines is 1. The van der Waals surface area contributed by atoms with Crippen LogP contribution >= 0.6 is 0 Å². The van der Waals surface area contributed by atoms with Gasteiger partial charge in [-0.15, -0.1) is 0 Å². The van der Waals surface area contributed by atoms with E-state index in [1.165, 1.54) is 6.07 Å². The Labute approximate surface area is 234 Å². The van der Waals surface area contributed by atoms with Crippen molar-refractivity contribution in [2.45, 2.75) is 6.18 Å². The van der Waals surface area contributed by atoms with Gasteiger partial charge in [0, 0.05) is 49.1 Å². The summed E-state index contributed by atoms with van der Waals surface area (Å²) < 4.78 is 46.5. The highest BCUT2D eigenvalue weighted by molar-refractivity contribution is 5.94. The van der Waals surface area contributed by atoms with E-state index in [2.05, 4.69) is 0 Å². The first-order chi connectivity index (χ1) is 19.8. The van der Waals surface area contributed by atoms with E-state index in [1.54, 1.807) is 28.7 Å². The number of ether oxygens (including phenoxy) is 1. The van der Waals surface area contributed by atoms with Gasteiger partial charge in [0.1, 0.15) is 11.4 Å². The minimum absolute atomic E-state index is 0.224. The largest absolute Gasteiger partial charge is 0.497 e. The van der Waals surface area contributed by atoms with E-state index in [0.29, 0.717) is 60.3 Å². The van der Waals surface area contributed by atoms with Crippen molar-refractivity contribution in [3.63, 3.8) is 0 Å². The summed E-state index contributed by atoms with van der Waals surface area (Å²) in [6, 6.07) is 26.0. The van der Waals surface area contributed by atoms with Gasteiger partial charge in [-0.05, 0) is 48.5 Å². The maximum Gasteiger partial charge on any atom is 0.416 e. The number of fused-ring (bicyclic) bond motifs is 1. The Bertz CT molecular complexity index is 1690. The number of amides is 1. The highest BCUT2D eigenvalue weighted by atomic mass is 19.4. The second-order valence-corrected chi connectivity index (χ2v) is 9.75. The van der Waals surface area contributed by atoms with E-state index in [-0.39, 0.29) is 5.91 Å². The molecule has 1 amide bonds. The fraction of sp³-hybridized carbons (Fsp3) is 0.194. The fourth-order valence-corrected chi connectivity index (χ4v) is 5.00. The second kappa shape index (κ2) is 10.6. The molecular weight excluding hydrogens is 531 g/mol. The predicted molar refractivity (Wildman–Crippen MR) is 150 cm³/mol. The van der Waals surface area contributed by atoms with Crippen molar-refractivity contribution in [1.82, 2.24) is 19.5 Å². The zero-order valence-electron chi connectivity index (χ0n) is 22.2. The van der Waals surface area contributed by atoms with Crippen LogP contribution < -0.4 is 9.64 Å². The minimum atomic E-state index is -4.41. The molecule has 0 radical (unpaired) electrons. The van der Waals surface area contributed by atoms with Crippen LogP contribution in [-0.4, -0.2) is 58.7 Å². The Morgan fingerprint density at radius 3 is 2.20 bits per heavy atom. The standard InChI is InChI=1S/C31H26F3N5O2/c1-41-25-12-10-22(11-13-25)26-19-28(39-29(35-26)20-27(36-39)21-6-3-2-4-7-21)30(40)38-16-14-37(15-17-38)24-9-5-8-23(18-24)31(32,33)34/h2-13,18-20H,14-17H2,1H3. The average Bonchev–Trinajstić information content (AvgIpc) is 3.45. The summed E-state index contributed by atoms with van der Waals surface area (Å²) in [7, 11) is 1.60. The highest BCUT2D eigenvalue weighted by Gasteiger charge is 2.31. The Balaban J connectivity index is 1.32. The van der Waals surface area contributed by atoms with Crippen LogP contribution in [0.3, 0.4) is 0 Å². The number of benzene rings is 3. The molecule has 0 atom stereocenters. The SMILES string of the molecule is COc1ccc(-c2cc(C(=O)N3CCN(c4cccc(C(F)(F)F)c4)CC3)n3nc(-c4ccccc4)cc3n2)cc1. The van der Waals surface area contributed by atoms with Gasteiger partial charge in [-0.25, -0.2) is 9.50 Å². The molecular formula is C31H26F3N5O2. The summed E-state index contributed by atoms with van der Waals surface area (Å²) in [4.78, 5) is 22.3. The average molecular weight is 558 g/mol. The van der Waals surface area contributed by atoms with Crippen LogP contribution in [0.1, 0.15) is 16.1 Å². The summed E-state index contributed by atoms with van der Waals surface area (Å²) >= 11 is 0. The topological polar surface area (TPSA) is 63.0 Å². The lowest BCUT2D eigenvalue weighted by Gasteiger charge is -2.36. The number of aromatic nitrogens is 3. The van der Waals surface area contributed by atoms with E-state index >= 15 is 0 Å². The molecule has 1 aliphatic heterocycles. The number of carbonyl (C=O) groups excluding carboxylic acids is 1. The molecule has 0 N–H and O–H groups in total. The van der Waals surface area contributed by atoms with E-state index in [0.717, 1.165) is 23.3 Å². The highest BCUT2D eigenvalue weighted by Crippen LogP contribution is 2.32. The molecule has 208 valence electrons. The van der Waals surface area contributed by atoms with Gasteiger partial charge in [-0.3, -0.25) is 4.79 Å². The van der Waals surface area contributed by atoms with Crippen LogP contribution in [0.2, 0.25) is 0 Å². The van der Waals surface area contributed by atoms with E-state index < -0.39 is 11.7 Å². The molecule has 0 unspecified atom stereocenters. The molecule has 3 aromatic carbocycles. The molecule has 0 spiro atoms. The summed E-state index contributed by atoms with van der Waals surface area (Å²) in [5.74, 6) is 0.485. The molecule has 1 fully saturated rings. The van der Waals surface area contributed by atoms with Crippen molar-refractivity contribution in [1.29, 1.82) is 0 Å². The number of hydrogen-bond donors (Lipinski definition) is 0. The minimum Gasteiger partial charge on any atom is -0.497 e. The summed E-state index contributed by atoms with van der Waals surface area (Å²) in [5.41, 5.74) is 3.71. The van der Waals surface area contributed by atoms with Gasteiger partial charge in [-0.2, -0.15) is 18.3 Å². The summed E-state index contributed by atoms with van der Waals surface area (Å²) in [6.07, 6.45) is -4.41. The molecule has 3 heterocycles. The first-order valence-corrected chi connectivity index (χ1v) is 13.1. The zero-order chi connectivity index (χ0) is 28.6. The lowest BCUT2D eigenvalue weighted by atomic mass is 10.1. The van der Waals surface area contributed by atoms with Gasteiger partial charge in [-0.1, -0.05) is 36.4 Å². The van der Waals surface area contributed by atoms with Gasteiger partial charge in [0.2, 0.25) is 0 Å². The molecule has 7 nitrogen and oxygen atoms in total. The lowest BCUT2D eigenvalue weighted by Crippen LogP contribution is -2.49. The van der Waals surface area contributed by atoms with Gasteiger partial charge < -0.3 is 14.5 Å². The van der Waals surface area contributed by atoms with Gasteiger partial charge in [0.25, 0.3) is 5.91 Å². The molecule has 0 aliphatic carbocycles. The number of carbonyl (C=O) groups is 1. The third kappa shape index (κ3) is 5.32. The Morgan fingerprint density at radius 1 is 0.805 bits per heavy atom. The number of halogens is 3. The Kier molecular flexibility index (Phi) is 6.82. The van der Waals surface area contributed by atoms with Crippen LogP contribution in [0.5, 0.6) is 5.75 Å². The zero-order valence-corrected chi connectivity index (χ0v) is 22.2. The molecule has 1 aliphatic rings. The summed E-state index contributed by atoms with van der Waals surface area (Å²) in [6.45, 7) is 1.51. The van der Waals surface area contributed by atoms with E-state index in [9.17, 15) is 18.0 Å². The van der Waals surface area contributed by atoms with E-state index in [1.807, 2.05) is 65.6 Å². The van der Waals surface area contributed by atoms with E-state index in [4.69, 9.17) is 14.8 Å². The Morgan fingerprint density at radius 2 is 1.51 bits per heavy atom. The van der Waals surface area contributed by atoms with Gasteiger partial charge in [0.05, 0.1) is 24.1 Å². The van der Waals surface area contributed by atoms with Crippen molar-refractivity contribution >= 4 is 17.2 Å². The van der Waals surface area contributed by atoms with Crippen LogP contribution in [0, 0.1) is 0 Å². The normalized spacial score (nSPS) is 14.0. The number of methoxy groups -OCH3 is 1. The smallest absolute Gasteiger partial charge is 0.416 e. The first-order valence-electron chi connectivity index (χ1n) is 13.1. The summed E-state index contributed by atoms with van der Waals surface area (Å²) in [5, 5.41) is 4.73. The van der Waals surface area contributed by atoms with Gasteiger partial charge in [0.15, 0.2) is 5.65 Å². The maximum atomic E-state index is 13.9. The molecule has 6 rings (SSSR count). The van der Waals surface area contributed by atoms with Crippen LogP contribution in [0.15, 0.2) is 91.0 Å². The van der Waals surface area contributed by atoms with Crippen molar-refractivity contribution in [2.75, 3.05) is 38.2 Å². The third-order valence-corrected chi connectivity index (χ3v) is 7.21. The van der Waals surface area contributed by atoms with Crippen molar-refractivity contribution in [3.8, 4) is 28.3 Å². The van der Waals surface area contributed by atoms with Crippen LogP contribution in [0.25, 0.3) is 28.2 Å². The van der Waals surface area contributed by atoms with Crippen molar-refractivity contribution in [3.05, 3.63) is 102 Å². The van der Waals surface area contributed by atoms with Crippen molar-refractivity contribution in [2.24, 2.45) is 0 Å². The molecule has 0 saturated carbocycles. The number of piperazine rings is 1. The first kappa shape index (κ1) is 26.4. The van der Waals surface area contributed by atoms with Crippen LogP contribution in [0.4, 0.5) is 18.9 Å². The molecule has 1 saturated heterocycles. The second-order valence-electron chi connectivity index (χ2n) is 9.75. The molecule has 41 heavy (non-hydrogen) atoms. The molecule has 2 aromatic heterocycles. The monoisotopic (exact) mass is 557 g/mol. The van der Waals surface area contributed by atoms with Crippen molar-refractivity contribution < 1.29 is 22.7 Å². The molecule has 5 aromatic rings. The number of nitrogens with zero attached hydrogens (tertiary/aromatic N) is 5. The predicted octanol–water partition coefficient (Wildman–Crippen LogP) is 6.05. The number of alkyl halides is 3. The fourth-order valence-electron chi connectivity index (χ4n) is 5.00.